The molecule has 1 rings (SSSR count). The topological polar surface area (TPSA) is 70.1 Å². The van der Waals surface area contributed by atoms with Gasteiger partial charge >= 0.3 is 0 Å². The minimum Gasteiger partial charge on any atom is -0.619 e. The smallest absolute Gasteiger partial charge is 0.297 e. The molecule has 1 aromatic heterocycles. The zero-order valence-electron chi connectivity index (χ0n) is 7.01. The summed E-state index contributed by atoms with van der Waals surface area (Å²) in [6.07, 6.45) is 2.12. The van der Waals surface area contributed by atoms with Crippen molar-refractivity contribution in [3.8, 4) is 11.8 Å². The van der Waals surface area contributed by atoms with Gasteiger partial charge in [0.05, 0.1) is 16.7 Å². The summed E-state index contributed by atoms with van der Waals surface area (Å²) in [7, 11) is 0. The van der Waals surface area contributed by atoms with Crippen molar-refractivity contribution < 1.29 is 9.65 Å². The second kappa shape index (κ2) is 4.48. The fraction of sp³-hybridized carbons (Fsp3) is 0.125. The first-order valence-corrected chi connectivity index (χ1v) is 4.25. The van der Waals surface area contributed by atoms with E-state index in [0.29, 0.717) is 4.73 Å². The average molecular weight is 210 g/mol. The van der Waals surface area contributed by atoms with Crippen LogP contribution in [0, 0.1) is 27.2 Å². The van der Waals surface area contributed by atoms with Crippen LogP contribution >= 0.6 is 12.6 Å². The maximum atomic E-state index is 10.8. The summed E-state index contributed by atoms with van der Waals surface area (Å²) in [5, 5.41) is 21.3. The summed E-state index contributed by atoms with van der Waals surface area (Å²) in [6.45, 7) is 0. The average Bonchev–Trinajstić information content (AvgIpc) is 2.14. The fourth-order valence-electron chi connectivity index (χ4n) is 0.861. The summed E-state index contributed by atoms with van der Waals surface area (Å²) in [4.78, 5) is 9.92. The van der Waals surface area contributed by atoms with Gasteiger partial charge in [0.25, 0.3) is 5.69 Å². The van der Waals surface area contributed by atoms with Gasteiger partial charge in [-0.3, -0.25) is 10.1 Å². The van der Waals surface area contributed by atoms with Crippen LogP contribution in [0.1, 0.15) is 5.56 Å². The van der Waals surface area contributed by atoms with Crippen LogP contribution in [0.25, 0.3) is 0 Å². The molecular weight excluding hydrogens is 204 g/mol. The van der Waals surface area contributed by atoms with Crippen molar-refractivity contribution in [3.63, 3.8) is 0 Å². The second-order valence-electron chi connectivity index (χ2n) is 2.32. The summed E-state index contributed by atoms with van der Waals surface area (Å²) in [5.41, 5.74) is -0.0760. The zero-order chi connectivity index (χ0) is 10.6. The Bertz CT molecular complexity index is 422. The Kier molecular flexibility index (Phi) is 3.31. The van der Waals surface area contributed by atoms with E-state index >= 15 is 0 Å². The summed E-state index contributed by atoms with van der Waals surface area (Å²) in [6, 6.07) is 1.12. The number of pyridine rings is 1. The van der Waals surface area contributed by atoms with Gasteiger partial charge in [-0.15, -0.1) is 0 Å². The molecule has 1 aromatic rings. The van der Waals surface area contributed by atoms with Crippen molar-refractivity contribution >= 4 is 18.3 Å². The van der Waals surface area contributed by atoms with Crippen molar-refractivity contribution in [3.05, 3.63) is 39.3 Å². The lowest BCUT2D eigenvalue weighted by molar-refractivity contribution is -0.606. The Hall–Kier alpha value is -1.74. The Labute approximate surface area is 85.5 Å². The second-order valence-corrected chi connectivity index (χ2v) is 2.64. The number of nitro groups is 1. The number of aromatic nitrogens is 1. The molecule has 0 atom stereocenters. The summed E-state index contributed by atoms with van der Waals surface area (Å²) in [5.74, 6) is 5.32. The highest BCUT2D eigenvalue weighted by Gasteiger charge is 2.14. The van der Waals surface area contributed by atoms with E-state index in [-0.39, 0.29) is 17.0 Å². The number of hydrogen-bond acceptors (Lipinski definition) is 4. The molecule has 14 heavy (non-hydrogen) atoms. The van der Waals surface area contributed by atoms with E-state index in [1.54, 1.807) is 0 Å². The van der Waals surface area contributed by atoms with Crippen LogP contribution in [0.4, 0.5) is 5.69 Å². The Balaban J connectivity index is 3.22. The normalized spacial score (nSPS) is 8.93. The zero-order valence-corrected chi connectivity index (χ0v) is 7.90. The molecule has 72 valence electrons. The van der Waals surface area contributed by atoms with E-state index in [1.165, 1.54) is 0 Å². The number of hydrogen-bond donors (Lipinski definition) is 1. The van der Waals surface area contributed by atoms with Crippen molar-refractivity contribution in [2.75, 3.05) is 5.75 Å². The predicted octanol–water partition coefficient (Wildman–Crippen LogP) is 0.509. The molecular formula is C8H6N2O3S. The lowest BCUT2D eigenvalue weighted by atomic mass is 10.2. The highest BCUT2D eigenvalue weighted by molar-refractivity contribution is 7.80. The molecule has 0 aliphatic rings. The van der Waals surface area contributed by atoms with E-state index in [1.807, 2.05) is 0 Å². The highest BCUT2D eigenvalue weighted by atomic mass is 32.1. The lowest BCUT2D eigenvalue weighted by Crippen LogP contribution is -2.25. The quantitative estimate of drug-likeness (QED) is 0.183. The molecule has 0 spiro atoms. The first-order valence-electron chi connectivity index (χ1n) is 3.62. The Morgan fingerprint density at radius 2 is 2.36 bits per heavy atom. The molecule has 1 heterocycles. The maximum absolute atomic E-state index is 10.8. The molecule has 0 aliphatic carbocycles. The van der Waals surface area contributed by atoms with Gasteiger partial charge in [0.1, 0.15) is 0 Å². The highest BCUT2D eigenvalue weighted by Crippen LogP contribution is 2.13. The van der Waals surface area contributed by atoms with E-state index in [0.717, 1.165) is 18.5 Å². The van der Waals surface area contributed by atoms with Crippen LogP contribution in [0.2, 0.25) is 0 Å². The van der Waals surface area contributed by atoms with E-state index < -0.39 is 4.92 Å². The van der Waals surface area contributed by atoms with Crippen molar-refractivity contribution in [1.29, 1.82) is 0 Å². The largest absolute Gasteiger partial charge is 0.619 e. The maximum Gasteiger partial charge on any atom is 0.297 e. The van der Waals surface area contributed by atoms with Gasteiger partial charge in [0, 0.05) is 0 Å². The van der Waals surface area contributed by atoms with Gasteiger partial charge in [0.2, 0.25) is 6.20 Å². The van der Waals surface area contributed by atoms with Crippen molar-refractivity contribution in [2.45, 2.75) is 0 Å². The number of thiol groups is 1. The van der Waals surface area contributed by atoms with Crippen molar-refractivity contribution in [1.82, 2.24) is 0 Å². The molecule has 0 saturated heterocycles. The van der Waals surface area contributed by atoms with Crippen LogP contribution in [0.15, 0.2) is 18.5 Å². The van der Waals surface area contributed by atoms with Crippen LogP contribution in [-0.4, -0.2) is 10.7 Å². The van der Waals surface area contributed by atoms with Crippen LogP contribution in [0.3, 0.4) is 0 Å². The third kappa shape index (κ3) is 2.37. The first-order chi connectivity index (χ1) is 6.65. The SMILES string of the molecule is O=[N+]([O-])c1cc[n+]([O-])cc1C#CCS. The van der Waals surface area contributed by atoms with E-state index in [9.17, 15) is 15.3 Å². The minimum absolute atomic E-state index is 0.0987. The minimum atomic E-state index is -0.581. The molecule has 0 aromatic carbocycles. The monoisotopic (exact) mass is 210 g/mol. The standard InChI is InChI=1S/C8H6N2O3S/c11-9-4-3-8(10(12)13)7(6-9)2-1-5-14/h3-4,6,14H,5H2. The molecule has 0 amide bonds. The van der Waals surface area contributed by atoms with Crippen LogP contribution < -0.4 is 4.73 Å². The third-order valence-corrected chi connectivity index (χ3v) is 1.57. The van der Waals surface area contributed by atoms with Gasteiger partial charge in [-0.05, 0) is 0 Å². The van der Waals surface area contributed by atoms with Gasteiger partial charge in [-0.25, -0.2) is 0 Å². The number of rotatable bonds is 1. The molecule has 0 bridgehead atoms. The molecule has 6 heteroatoms. The van der Waals surface area contributed by atoms with Gasteiger partial charge in [-0.1, -0.05) is 11.8 Å². The van der Waals surface area contributed by atoms with Gasteiger partial charge in [-0.2, -0.15) is 17.4 Å². The molecule has 0 unspecified atom stereocenters. The Morgan fingerprint density at radius 3 is 2.93 bits per heavy atom. The van der Waals surface area contributed by atoms with Crippen LogP contribution in [0.5, 0.6) is 0 Å². The first kappa shape index (κ1) is 10.3. The molecule has 0 radical (unpaired) electrons. The Morgan fingerprint density at radius 1 is 1.64 bits per heavy atom. The van der Waals surface area contributed by atoms with Crippen LogP contribution in [-0.2, 0) is 0 Å². The van der Waals surface area contributed by atoms with Crippen molar-refractivity contribution in [2.24, 2.45) is 0 Å². The van der Waals surface area contributed by atoms with E-state index in [4.69, 9.17) is 0 Å². The fourth-order valence-corrected chi connectivity index (χ4v) is 0.940. The molecule has 5 nitrogen and oxygen atoms in total. The predicted molar refractivity (Wildman–Crippen MR) is 52.8 cm³/mol. The molecule has 0 fully saturated rings. The van der Waals surface area contributed by atoms with E-state index in [2.05, 4.69) is 24.5 Å². The van der Waals surface area contributed by atoms with Gasteiger partial charge < -0.3 is 5.21 Å². The summed E-state index contributed by atoms with van der Waals surface area (Å²) >= 11 is 3.83. The lowest BCUT2D eigenvalue weighted by Gasteiger charge is -1.96. The number of nitrogens with zero attached hydrogens (tertiary/aromatic N) is 2. The summed E-state index contributed by atoms with van der Waals surface area (Å²) < 4.78 is 0.468. The molecule has 0 saturated carbocycles. The molecule has 0 N–H and O–H groups in total. The third-order valence-electron chi connectivity index (χ3n) is 1.41. The van der Waals surface area contributed by atoms with Gasteiger partial charge in [0.15, 0.2) is 11.8 Å². The molecule has 0 aliphatic heterocycles.